The second kappa shape index (κ2) is 5.56. The average molecular weight is 337 g/mol. The van der Waals surface area contributed by atoms with Gasteiger partial charge in [0.1, 0.15) is 11.4 Å². The molecule has 7 heteroatoms. The number of carbonyl (C=O) groups excluding carboxylic acids is 1. The van der Waals surface area contributed by atoms with Crippen LogP contribution in [0.5, 0.6) is 5.75 Å². The minimum Gasteiger partial charge on any atom is -0.506 e. The fourth-order valence-electron chi connectivity index (χ4n) is 3.33. The quantitative estimate of drug-likeness (QED) is 0.591. The normalized spacial score (nSPS) is 12.7. The molecule has 2 heterocycles. The topological polar surface area (TPSA) is 83.3 Å². The van der Waals surface area contributed by atoms with Gasteiger partial charge in [0.05, 0.1) is 28.4 Å². The maximum atomic E-state index is 13.1. The van der Waals surface area contributed by atoms with Crippen LogP contribution in [0.3, 0.4) is 0 Å². The Morgan fingerprint density at radius 3 is 2.80 bits per heavy atom. The monoisotopic (exact) mass is 337 g/mol. The van der Waals surface area contributed by atoms with Gasteiger partial charge < -0.3 is 15.3 Å². The van der Waals surface area contributed by atoms with E-state index in [4.69, 9.17) is 0 Å². The Morgan fingerprint density at radius 2 is 2.04 bits per heavy atom. The number of pyridine rings is 1. The first-order valence-electron chi connectivity index (χ1n) is 8.09. The molecule has 128 valence electrons. The van der Waals surface area contributed by atoms with E-state index in [1.807, 2.05) is 33.3 Å². The van der Waals surface area contributed by atoms with Crippen molar-refractivity contribution in [1.82, 2.24) is 19.7 Å². The van der Waals surface area contributed by atoms with E-state index in [0.29, 0.717) is 22.4 Å². The van der Waals surface area contributed by atoms with Gasteiger partial charge >= 0.3 is 0 Å². The molecule has 0 amide bonds. The number of nitrogens with one attached hydrogen (secondary N) is 1. The summed E-state index contributed by atoms with van der Waals surface area (Å²) in [6, 6.07) is 3.86. The molecular formula is C18H19N5O2. The second-order valence-electron chi connectivity index (χ2n) is 6.49. The van der Waals surface area contributed by atoms with Gasteiger partial charge in [0.2, 0.25) is 0 Å². The van der Waals surface area contributed by atoms with Gasteiger partial charge in [-0.25, -0.2) is 0 Å². The number of likely N-dealkylation sites (N-methyl/N-ethyl adjacent to an activating group) is 1. The van der Waals surface area contributed by atoms with Crippen LogP contribution in [0.15, 0.2) is 24.5 Å². The van der Waals surface area contributed by atoms with Gasteiger partial charge in [-0.1, -0.05) is 0 Å². The van der Waals surface area contributed by atoms with Crippen molar-refractivity contribution in [2.75, 3.05) is 32.5 Å². The third-order valence-corrected chi connectivity index (χ3v) is 4.53. The molecule has 7 nitrogen and oxygen atoms in total. The molecule has 0 atom stereocenters. The summed E-state index contributed by atoms with van der Waals surface area (Å²) in [5.41, 5.74) is 3.70. The summed E-state index contributed by atoms with van der Waals surface area (Å²) in [4.78, 5) is 19.2. The zero-order valence-electron chi connectivity index (χ0n) is 14.4. The minimum absolute atomic E-state index is 0.0255. The van der Waals surface area contributed by atoms with E-state index < -0.39 is 0 Å². The molecule has 1 aliphatic rings. The van der Waals surface area contributed by atoms with Crippen molar-refractivity contribution in [2.45, 2.75) is 0 Å². The summed E-state index contributed by atoms with van der Waals surface area (Å²) in [6.45, 7) is 1.57. The summed E-state index contributed by atoms with van der Waals surface area (Å²) in [5, 5.41) is 18.9. The molecule has 0 saturated carbocycles. The third kappa shape index (κ3) is 2.27. The highest BCUT2D eigenvalue weighted by Gasteiger charge is 2.32. The SMILES string of the molecule is CN(C)CCNc1ccc2c3c(nn2C)-c2c(O)cncc2C(=O)c13. The number of aromatic nitrogens is 3. The van der Waals surface area contributed by atoms with Gasteiger partial charge in [-0.05, 0) is 26.2 Å². The molecule has 0 fully saturated rings. The predicted molar refractivity (Wildman–Crippen MR) is 96.1 cm³/mol. The fourth-order valence-corrected chi connectivity index (χ4v) is 3.33. The Balaban J connectivity index is 1.95. The summed E-state index contributed by atoms with van der Waals surface area (Å²) in [6.07, 6.45) is 2.84. The highest BCUT2D eigenvalue weighted by atomic mass is 16.3. The standard InChI is InChI=1S/C18H19N5O2/c1-22(2)7-6-20-11-4-5-12-16-15(11)18(25)10-8-19-9-13(24)14(10)17(16)21-23(12)3/h4-5,8-9,20,24H,6-7H2,1-3H3. The van der Waals surface area contributed by atoms with E-state index >= 15 is 0 Å². The number of benzene rings is 1. The van der Waals surface area contributed by atoms with Crippen molar-refractivity contribution >= 4 is 22.4 Å². The predicted octanol–water partition coefficient (Wildman–Crippen LogP) is 1.86. The largest absolute Gasteiger partial charge is 0.506 e. The molecule has 0 spiro atoms. The van der Waals surface area contributed by atoms with E-state index in [-0.39, 0.29) is 11.5 Å². The first kappa shape index (κ1) is 15.6. The lowest BCUT2D eigenvalue weighted by molar-refractivity contribution is 0.104. The van der Waals surface area contributed by atoms with Crippen molar-refractivity contribution in [2.24, 2.45) is 7.05 Å². The average Bonchev–Trinajstić information content (AvgIpc) is 2.90. The zero-order valence-corrected chi connectivity index (χ0v) is 14.4. The van der Waals surface area contributed by atoms with Gasteiger partial charge in [-0.3, -0.25) is 14.5 Å². The molecule has 0 bridgehead atoms. The zero-order chi connectivity index (χ0) is 17.7. The van der Waals surface area contributed by atoms with E-state index in [9.17, 15) is 9.90 Å². The number of aromatic hydroxyl groups is 1. The number of ketones is 1. The first-order valence-corrected chi connectivity index (χ1v) is 8.09. The third-order valence-electron chi connectivity index (χ3n) is 4.53. The molecule has 4 rings (SSSR count). The van der Waals surface area contributed by atoms with Crippen LogP contribution in [0.25, 0.3) is 22.2 Å². The Kier molecular flexibility index (Phi) is 3.47. The molecular weight excluding hydrogens is 318 g/mol. The molecule has 0 saturated heterocycles. The first-order chi connectivity index (χ1) is 12.0. The van der Waals surface area contributed by atoms with Crippen LogP contribution in [-0.4, -0.2) is 57.7 Å². The lowest BCUT2D eigenvalue weighted by Gasteiger charge is -2.19. The van der Waals surface area contributed by atoms with Gasteiger partial charge in [0.15, 0.2) is 5.78 Å². The van der Waals surface area contributed by atoms with Gasteiger partial charge in [0.25, 0.3) is 0 Å². The summed E-state index contributed by atoms with van der Waals surface area (Å²) < 4.78 is 1.74. The number of hydrogen-bond acceptors (Lipinski definition) is 6. The Labute approximate surface area is 144 Å². The number of anilines is 1. The smallest absolute Gasteiger partial charge is 0.198 e. The fraction of sp³-hybridized carbons (Fsp3) is 0.278. The van der Waals surface area contributed by atoms with Crippen LogP contribution >= 0.6 is 0 Å². The number of fused-ring (bicyclic) bond motifs is 2. The van der Waals surface area contributed by atoms with Crippen molar-refractivity contribution < 1.29 is 9.90 Å². The van der Waals surface area contributed by atoms with Crippen molar-refractivity contribution in [3.05, 3.63) is 35.7 Å². The molecule has 0 unspecified atom stereocenters. The number of aryl methyl sites for hydroxylation is 1. The van der Waals surface area contributed by atoms with E-state index in [2.05, 4.69) is 20.3 Å². The molecule has 0 radical (unpaired) electrons. The maximum Gasteiger partial charge on any atom is 0.198 e. The summed E-state index contributed by atoms with van der Waals surface area (Å²) >= 11 is 0. The van der Waals surface area contributed by atoms with Crippen LogP contribution in [-0.2, 0) is 7.05 Å². The summed E-state index contributed by atoms with van der Waals surface area (Å²) in [7, 11) is 5.84. The highest BCUT2D eigenvalue weighted by Crippen LogP contribution is 2.44. The van der Waals surface area contributed by atoms with Crippen molar-refractivity contribution in [1.29, 1.82) is 0 Å². The Bertz CT molecular complexity index is 1010. The van der Waals surface area contributed by atoms with Crippen LogP contribution in [0.4, 0.5) is 5.69 Å². The number of nitrogens with zero attached hydrogens (tertiary/aromatic N) is 4. The highest BCUT2D eigenvalue weighted by molar-refractivity contribution is 6.28. The number of rotatable bonds is 4. The Hall–Kier alpha value is -2.93. The molecule has 0 aliphatic heterocycles. The van der Waals surface area contributed by atoms with Crippen LogP contribution < -0.4 is 5.32 Å². The molecule has 3 aromatic rings. The van der Waals surface area contributed by atoms with Gasteiger partial charge in [0, 0.05) is 37.4 Å². The Morgan fingerprint density at radius 1 is 1.24 bits per heavy atom. The van der Waals surface area contributed by atoms with E-state index in [1.165, 1.54) is 12.4 Å². The van der Waals surface area contributed by atoms with Crippen molar-refractivity contribution in [3.63, 3.8) is 0 Å². The van der Waals surface area contributed by atoms with E-state index in [0.717, 1.165) is 29.7 Å². The van der Waals surface area contributed by atoms with Gasteiger partial charge in [-0.2, -0.15) is 5.10 Å². The minimum atomic E-state index is -0.142. The molecule has 2 aromatic heterocycles. The number of hydrogen-bond donors (Lipinski definition) is 2. The molecule has 25 heavy (non-hydrogen) atoms. The lowest BCUT2D eigenvalue weighted by atomic mass is 9.87. The van der Waals surface area contributed by atoms with Crippen LogP contribution in [0, 0.1) is 0 Å². The van der Waals surface area contributed by atoms with Gasteiger partial charge in [-0.15, -0.1) is 0 Å². The van der Waals surface area contributed by atoms with E-state index in [1.54, 1.807) is 4.68 Å². The molecule has 2 N–H and O–H groups in total. The maximum absolute atomic E-state index is 13.1. The van der Waals surface area contributed by atoms with Crippen LogP contribution in [0.2, 0.25) is 0 Å². The number of carbonyl (C=O) groups is 1. The molecule has 1 aliphatic carbocycles. The lowest BCUT2D eigenvalue weighted by Crippen LogP contribution is -2.22. The molecule has 1 aromatic carbocycles. The summed E-state index contributed by atoms with van der Waals surface area (Å²) in [5.74, 6) is -0.167. The second-order valence-corrected chi connectivity index (χ2v) is 6.49. The van der Waals surface area contributed by atoms with Crippen LogP contribution in [0.1, 0.15) is 15.9 Å². The van der Waals surface area contributed by atoms with Crippen molar-refractivity contribution in [3.8, 4) is 17.0 Å².